The Hall–Kier alpha value is -8.89. The number of nitrogen functional groups attached to an aromatic ring is 1. The van der Waals surface area contributed by atoms with Crippen molar-refractivity contribution in [3.05, 3.63) is 161 Å². The molecule has 0 radical (unpaired) electrons. The number of Topliss-reactive ketones (excluding diaryl/α,β-unsaturated/α-hetero) is 2. The number of carbonyl (C=O) groups is 5. The molecule has 1 fully saturated rings. The maximum atomic E-state index is 13.2. The molecule has 38 heteroatoms. The van der Waals surface area contributed by atoms with Gasteiger partial charge in [-0.1, -0.05) is 90.8 Å². The van der Waals surface area contributed by atoms with Crippen molar-refractivity contribution in [2.24, 2.45) is 10.2 Å². The summed E-state index contributed by atoms with van der Waals surface area (Å²) >= 11 is 0. The molecule has 100 heavy (non-hydrogen) atoms. The van der Waals surface area contributed by atoms with Crippen LogP contribution in [0.15, 0.2) is 121 Å². The average Bonchev–Trinajstić information content (AvgIpc) is 0.977. The zero-order chi connectivity index (χ0) is 72.6. The number of carbonyl (C=O) groups excluding carboxylic acids is 5. The maximum absolute atomic E-state index is 13.2. The van der Waals surface area contributed by atoms with Crippen LogP contribution in [0.2, 0.25) is 0 Å². The van der Waals surface area contributed by atoms with Gasteiger partial charge in [0.25, 0.3) is 11.8 Å². The highest BCUT2D eigenvalue weighted by molar-refractivity contribution is 7.66. The molecule has 4 heterocycles. The van der Waals surface area contributed by atoms with Crippen LogP contribution in [0, 0.1) is 11.8 Å². The number of phosphoric acid groups is 3. The largest absolute Gasteiger partial charge is 0.491 e. The number of ether oxygens (including phenoxy) is 4. The van der Waals surface area contributed by atoms with Crippen LogP contribution in [0.1, 0.15) is 135 Å². The van der Waals surface area contributed by atoms with Crippen LogP contribution < -0.4 is 42.6 Å². The van der Waals surface area contributed by atoms with Gasteiger partial charge in [-0.15, -0.1) is 0 Å². The number of anilines is 2. The van der Waals surface area contributed by atoms with Crippen molar-refractivity contribution in [3.8, 4) is 17.6 Å². The number of unbranched alkanes of at least 4 members (excludes halogenated alkanes) is 4. The number of azide groups is 2. The molecule has 7 unspecified atom stereocenters. The van der Waals surface area contributed by atoms with E-state index in [0.29, 0.717) is 60.8 Å². The van der Waals surface area contributed by atoms with E-state index in [-0.39, 0.29) is 90.7 Å². The molecule has 2 aromatic heterocycles. The SMILES string of the molecule is CC1CC(C)(C)N(CCCC(=O)CCCCCCCC(=O)c2cccc(OCC(N=[N+]=[N-])OCC(=O)NCC#Cc3cn(C4CC(OCN=[N+]=[N-])C(COP(=O)(O)OP(=O)(O)OP(=O)(O)O)O4)c(=O)nc3N)c2)c2cc3oc(=O)c(C(=O)NCCNC(=O)C4=C/C=C\C=C/C=C4)cc3cc21. The fraction of sp³-hybridized carbons (Fsp3) is 0.452. The summed E-state index contributed by atoms with van der Waals surface area (Å²) in [5.41, 5.74) is 24.7. The van der Waals surface area contributed by atoms with E-state index < -0.39 is 91.2 Å². The molecule has 2 aromatic carbocycles. The molecule has 3 aliphatic rings. The van der Waals surface area contributed by atoms with Gasteiger partial charge in [-0.3, -0.25) is 33.1 Å². The normalized spacial score (nSPS) is 19.0. The van der Waals surface area contributed by atoms with Gasteiger partial charge in [-0.25, -0.2) is 23.3 Å². The summed E-state index contributed by atoms with van der Waals surface area (Å²) < 4.78 is 76.3. The quantitative estimate of drug-likeness (QED) is 0.00310. The van der Waals surface area contributed by atoms with Crippen LogP contribution in [0.5, 0.6) is 5.75 Å². The number of nitrogens with two attached hydrogens (primary N) is 1. The molecule has 536 valence electrons. The number of nitrogens with zero attached hydrogens (tertiary/aromatic N) is 9. The van der Waals surface area contributed by atoms with E-state index in [2.05, 4.69) is 91.6 Å². The zero-order valence-corrected chi connectivity index (χ0v) is 57.2. The molecule has 2 aliphatic heterocycles. The topological polar surface area (TPSA) is 510 Å². The number of amides is 3. The fourth-order valence-corrected chi connectivity index (χ4v) is 14.0. The Morgan fingerprint density at radius 3 is 2.35 bits per heavy atom. The number of nitrogens with one attached hydrogen (secondary N) is 3. The summed E-state index contributed by atoms with van der Waals surface area (Å²) in [7, 11) is -17.1. The molecule has 0 spiro atoms. The maximum Gasteiger partial charge on any atom is 0.490 e. The first-order valence-electron chi connectivity index (χ1n) is 31.4. The van der Waals surface area contributed by atoms with Crippen LogP contribution in [0.25, 0.3) is 31.9 Å². The standard InChI is InChI=1S/C62H76N13O22P3/c1-40-34-62(2,3)75(49-32-51-44(30-47(40)49)31-48(60(81)95-51)59(80)68-27-26-67-58(79)41-17-10-6-4-7-11-18-41)28-16-22-45(76)21-12-8-5-9-13-24-50(77)42-19-14-23-46(29-42)90-38-55(71-73-65)91-37-54(78)66-25-15-20-43-35-74(61(82)70-57(43)63)56-33-52(92-39-69-72-64)53(94-56)36-93-99(86,87)97-100(88,89)96-98(83,84)85/h4,6-7,10-11,14,17-19,23,29-32,35,40,52-53,55-56H,5,8-9,12-13,16,21-22,24-28,33-34,36-39H2,1-3H3,(H,66,78)(H,67,79)(H,68,80)(H,86,87)(H,88,89)(H2,63,70,82)(H2,83,84,85)/b6-4-,7-4?,10-6?,11-7-,17-10?,18-11?,41-17?,41-18?. The van der Waals surface area contributed by atoms with Gasteiger partial charge >= 0.3 is 34.8 Å². The lowest BCUT2D eigenvalue weighted by atomic mass is 9.79. The van der Waals surface area contributed by atoms with E-state index in [0.717, 1.165) is 47.7 Å². The van der Waals surface area contributed by atoms with Crippen molar-refractivity contribution in [2.75, 3.05) is 63.4 Å². The molecule has 0 saturated carbocycles. The second-order valence-electron chi connectivity index (χ2n) is 23.5. The second-order valence-corrected chi connectivity index (χ2v) is 27.9. The van der Waals surface area contributed by atoms with Gasteiger partial charge < -0.3 is 69.5 Å². The molecule has 7 atom stereocenters. The predicted molar refractivity (Wildman–Crippen MR) is 360 cm³/mol. The van der Waals surface area contributed by atoms with Crippen molar-refractivity contribution in [2.45, 2.75) is 128 Å². The third-order valence-electron chi connectivity index (χ3n) is 15.6. The first kappa shape index (κ1) is 78.4. The number of ketones is 2. The zero-order valence-electron chi connectivity index (χ0n) is 54.6. The van der Waals surface area contributed by atoms with E-state index in [1.165, 1.54) is 12.1 Å². The summed E-state index contributed by atoms with van der Waals surface area (Å²) in [5.74, 6) is 3.77. The summed E-state index contributed by atoms with van der Waals surface area (Å²) in [5, 5.41) is 15.3. The Morgan fingerprint density at radius 2 is 1.60 bits per heavy atom. The minimum absolute atomic E-state index is 0.0441. The number of hydrogen-bond acceptors (Lipinski definition) is 23. The van der Waals surface area contributed by atoms with Crippen LogP contribution in [-0.4, -0.2) is 135 Å². The second kappa shape index (κ2) is 37.0. The van der Waals surface area contributed by atoms with Crippen molar-refractivity contribution >= 4 is 75.2 Å². The highest BCUT2D eigenvalue weighted by Crippen LogP contribution is 2.66. The Balaban J connectivity index is 0.787. The minimum Gasteiger partial charge on any atom is -0.491 e. The first-order chi connectivity index (χ1) is 47.5. The highest BCUT2D eigenvalue weighted by Gasteiger charge is 2.44. The number of fused-ring (bicyclic) bond motifs is 2. The van der Waals surface area contributed by atoms with E-state index in [1.54, 1.807) is 54.7 Å². The monoisotopic (exact) mass is 1450 g/mol. The van der Waals surface area contributed by atoms with Crippen molar-refractivity contribution in [1.29, 1.82) is 0 Å². The number of rotatable bonds is 37. The third-order valence-corrected chi connectivity index (χ3v) is 19.4. The smallest absolute Gasteiger partial charge is 0.490 e. The molecule has 35 nitrogen and oxygen atoms in total. The van der Waals surface area contributed by atoms with E-state index in [1.807, 2.05) is 18.2 Å². The predicted octanol–water partition coefficient (Wildman–Crippen LogP) is 7.93. The molecule has 1 saturated heterocycles. The summed E-state index contributed by atoms with van der Waals surface area (Å²) in [6.07, 6.45) is 14.4. The van der Waals surface area contributed by atoms with Gasteiger partial charge in [-0.05, 0) is 98.5 Å². The van der Waals surface area contributed by atoms with Crippen molar-refractivity contribution in [1.82, 2.24) is 25.5 Å². The van der Waals surface area contributed by atoms with Gasteiger partial charge in [0.2, 0.25) is 5.91 Å². The van der Waals surface area contributed by atoms with Crippen LogP contribution in [-0.2, 0) is 55.4 Å². The number of aromatic nitrogens is 2. The van der Waals surface area contributed by atoms with Crippen molar-refractivity contribution < 1.29 is 93.8 Å². The molecular formula is C62H76N13O22P3. The number of hydrogen-bond donors (Lipinski definition) is 8. The van der Waals surface area contributed by atoms with E-state index >= 15 is 0 Å². The molecule has 9 N–H and O–H groups in total. The number of allylic oxidation sites excluding steroid dienone is 6. The summed E-state index contributed by atoms with van der Waals surface area (Å²) in [6, 6.07) is 11.8. The van der Waals surface area contributed by atoms with Gasteiger partial charge in [0.15, 0.2) is 12.0 Å². The van der Waals surface area contributed by atoms with E-state index in [9.17, 15) is 62.6 Å². The van der Waals surface area contributed by atoms with Crippen LogP contribution in [0.4, 0.5) is 11.5 Å². The molecule has 1 aliphatic carbocycles. The van der Waals surface area contributed by atoms with Gasteiger partial charge in [0.1, 0.15) is 60.8 Å². The van der Waals surface area contributed by atoms with Crippen molar-refractivity contribution in [3.63, 3.8) is 0 Å². The van der Waals surface area contributed by atoms with Crippen LogP contribution in [0.3, 0.4) is 0 Å². The lowest BCUT2D eigenvalue weighted by Gasteiger charge is -2.47. The summed E-state index contributed by atoms with van der Waals surface area (Å²) in [4.78, 5) is 139. The van der Waals surface area contributed by atoms with Crippen LogP contribution >= 0.6 is 23.5 Å². The van der Waals surface area contributed by atoms with E-state index in [4.69, 9.17) is 44.4 Å². The first-order valence-corrected chi connectivity index (χ1v) is 35.9. The molecule has 3 amide bonds. The van der Waals surface area contributed by atoms with Gasteiger partial charge in [0, 0.05) is 95.2 Å². The summed E-state index contributed by atoms with van der Waals surface area (Å²) in [6.45, 7) is 4.44. The lowest BCUT2D eigenvalue weighted by Crippen LogP contribution is -2.48. The lowest BCUT2D eigenvalue weighted by molar-refractivity contribution is -0.128. The average molecular weight is 1450 g/mol. The molecule has 4 aromatic rings. The Labute approximate surface area is 571 Å². The Bertz CT molecular complexity index is 4240. The molecule has 0 bridgehead atoms. The van der Waals surface area contributed by atoms with Gasteiger partial charge in [0.05, 0.1) is 24.8 Å². The molecular weight excluding hydrogens is 1370 g/mol. The number of phosphoric ester groups is 1. The highest BCUT2D eigenvalue weighted by atomic mass is 31.3. The Morgan fingerprint density at radius 1 is 0.880 bits per heavy atom. The van der Waals surface area contributed by atoms with Gasteiger partial charge in [-0.2, -0.15) is 13.6 Å². The minimum atomic E-state index is -5.86. The number of benzene rings is 2. The molecule has 7 rings (SSSR count). The Kier molecular flexibility index (Phi) is 29.0. The fourth-order valence-electron chi connectivity index (χ4n) is 11.0. The third kappa shape index (κ3) is 24.5.